The van der Waals surface area contributed by atoms with Crippen molar-refractivity contribution in [3.8, 4) is 0 Å². The van der Waals surface area contributed by atoms with E-state index in [1.54, 1.807) is 0 Å². The number of para-hydroxylation sites is 1. The van der Waals surface area contributed by atoms with Gasteiger partial charge in [-0.2, -0.15) is 0 Å². The first-order valence-electron chi connectivity index (χ1n) is 4.69. The van der Waals surface area contributed by atoms with Crippen LogP contribution in [0.25, 0.3) is 0 Å². The molecule has 1 rings (SSSR count). The summed E-state index contributed by atoms with van der Waals surface area (Å²) in [5.74, 6) is 0.516. The van der Waals surface area contributed by atoms with Crippen LogP contribution < -0.4 is 5.32 Å². The Morgan fingerprint density at radius 2 is 2.00 bits per heavy atom. The molecule has 0 spiro atoms. The topological polar surface area (TPSA) is 32.3 Å². The number of anilines is 1. The lowest BCUT2D eigenvalue weighted by Crippen LogP contribution is -2.07. The van der Waals surface area contributed by atoms with Gasteiger partial charge in [-0.15, -0.1) is 0 Å². The molecule has 1 aromatic rings. The van der Waals surface area contributed by atoms with Crippen LogP contribution in [-0.2, 0) is 0 Å². The first kappa shape index (κ1) is 10.1. The average molecular weight is 179 g/mol. The van der Waals surface area contributed by atoms with E-state index in [9.17, 15) is 0 Å². The van der Waals surface area contributed by atoms with E-state index in [0.29, 0.717) is 12.5 Å². The highest BCUT2D eigenvalue weighted by atomic mass is 16.3. The zero-order valence-corrected chi connectivity index (χ0v) is 8.25. The van der Waals surface area contributed by atoms with Gasteiger partial charge >= 0.3 is 0 Å². The molecule has 0 unspecified atom stereocenters. The zero-order chi connectivity index (χ0) is 9.68. The Labute approximate surface area is 79.6 Å². The highest BCUT2D eigenvalue weighted by Crippen LogP contribution is 2.23. The Kier molecular flexibility index (Phi) is 3.77. The molecule has 0 heterocycles. The van der Waals surface area contributed by atoms with Crippen LogP contribution in [0.4, 0.5) is 5.69 Å². The summed E-state index contributed by atoms with van der Waals surface area (Å²) in [6, 6.07) is 8.21. The molecule has 2 N–H and O–H groups in total. The molecule has 0 fully saturated rings. The molecule has 13 heavy (non-hydrogen) atoms. The predicted octanol–water partition coefficient (Wildman–Crippen LogP) is 2.21. The minimum absolute atomic E-state index is 0.173. The molecule has 0 aliphatic carbocycles. The van der Waals surface area contributed by atoms with Crippen LogP contribution in [0.1, 0.15) is 25.3 Å². The van der Waals surface area contributed by atoms with Crippen LogP contribution in [0, 0.1) is 0 Å². The monoisotopic (exact) mass is 179 g/mol. The molecule has 0 atom stereocenters. The Morgan fingerprint density at radius 3 is 2.62 bits per heavy atom. The summed E-state index contributed by atoms with van der Waals surface area (Å²) in [6.45, 7) is 5.12. The molecule has 72 valence electrons. The smallest absolute Gasteiger partial charge is 0.0604 e. The van der Waals surface area contributed by atoms with Crippen LogP contribution in [-0.4, -0.2) is 18.3 Å². The molecular formula is C11H17NO. The van der Waals surface area contributed by atoms with E-state index in [1.807, 2.05) is 18.2 Å². The summed E-state index contributed by atoms with van der Waals surface area (Å²) < 4.78 is 0. The Bertz CT molecular complexity index is 258. The van der Waals surface area contributed by atoms with Gasteiger partial charge in [0, 0.05) is 12.2 Å². The van der Waals surface area contributed by atoms with Crippen LogP contribution in [0.5, 0.6) is 0 Å². The maximum atomic E-state index is 8.69. The predicted molar refractivity (Wildman–Crippen MR) is 56.1 cm³/mol. The van der Waals surface area contributed by atoms with Gasteiger partial charge in [0.2, 0.25) is 0 Å². The fourth-order valence-corrected chi connectivity index (χ4v) is 1.35. The van der Waals surface area contributed by atoms with Gasteiger partial charge in [-0.3, -0.25) is 0 Å². The molecular weight excluding hydrogens is 162 g/mol. The van der Waals surface area contributed by atoms with Gasteiger partial charge in [0.1, 0.15) is 0 Å². The third kappa shape index (κ3) is 2.74. The summed E-state index contributed by atoms with van der Waals surface area (Å²) in [4.78, 5) is 0. The van der Waals surface area contributed by atoms with Crippen LogP contribution >= 0.6 is 0 Å². The summed E-state index contributed by atoms with van der Waals surface area (Å²) in [5.41, 5.74) is 2.43. The van der Waals surface area contributed by atoms with Crippen molar-refractivity contribution < 1.29 is 5.11 Å². The molecule has 0 aromatic heterocycles. The molecule has 2 nitrogen and oxygen atoms in total. The SMILES string of the molecule is CC(C)c1ccccc1NCCO. The van der Waals surface area contributed by atoms with Gasteiger partial charge in [0.25, 0.3) is 0 Å². The second-order valence-electron chi connectivity index (χ2n) is 3.39. The van der Waals surface area contributed by atoms with Crippen molar-refractivity contribution in [3.63, 3.8) is 0 Å². The third-order valence-corrected chi connectivity index (χ3v) is 2.01. The Balaban J connectivity index is 2.78. The molecule has 0 amide bonds. The number of rotatable bonds is 4. The van der Waals surface area contributed by atoms with Gasteiger partial charge in [0.15, 0.2) is 0 Å². The molecule has 0 aliphatic heterocycles. The van der Waals surface area contributed by atoms with Gasteiger partial charge in [-0.05, 0) is 17.5 Å². The third-order valence-electron chi connectivity index (χ3n) is 2.01. The number of aliphatic hydroxyl groups excluding tert-OH is 1. The van der Waals surface area contributed by atoms with Gasteiger partial charge in [-0.1, -0.05) is 32.0 Å². The first-order valence-corrected chi connectivity index (χ1v) is 4.69. The lowest BCUT2D eigenvalue weighted by atomic mass is 10.0. The van der Waals surface area contributed by atoms with Gasteiger partial charge in [0.05, 0.1) is 6.61 Å². The summed E-state index contributed by atoms with van der Waals surface area (Å²) >= 11 is 0. The normalized spacial score (nSPS) is 10.5. The second kappa shape index (κ2) is 4.87. The molecule has 0 aliphatic rings. The minimum atomic E-state index is 0.173. The van der Waals surface area contributed by atoms with E-state index in [-0.39, 0.29) is 6.61 Å². The number of aliphatic hydroxyl groups is 1. The lowest BCUT2D eigenvalue weighted by molar-refractivity contribution is 0.311. The van der Waals surface area contributed by atoms with Gasteiger partial charge in [-0.25, -0.2) is 0 Å². The van der Waals surface area contributed by atoms with Crippen molar-refractivity contribution in [2.24, 2.45) is 0 Å². The summed E-state index contributed by atoms with van der Waals surface area (Å²) in [5, 5.41) is 11.9. The van der Waals surface area contributed by atoms with Crippen LogP contribution in [0.2, 0.25) is 0 Å². The lowest BCUT2D eigenvalue weighted by Gasteiger charge is -2.13. The molecule has 0 radical (unpaired) electrons. The van der Waals surface area contributed by atoms with Crippen molar-refractivity contribution in [3.05, 3.63) is 29.8 Å². The van der Waals surface area contributed by atoms with Crippen LogP contribution in [0.15, 0.2) is 24.3 Å². The number of hydrogen-bond acceptors (Lipinski definition) is 2. The molecule has 0 bridgehead atoms. The van der Waals surface area contributed by atoms with Crippen molar-refractivity contribution in [1.82, 2.24) is 0 Å². The number of nitrogens with one attached hydrogen (secondary N) is 1. The van der Waals surface area contributed by atoms with E-state index < -0.39 is 0 Å². The average Bonchev–Trinajstić information content (AvgIpc) is 2.15. The number of benzene rings is 1. The number of hydrogen-bond donors (Lipinski definition) is 2. The van der Waals surface area contributed by atoms with E-state index in [4.69, 9.17) is 5.11 Å². The van der Waals surface area contributed by atoms with Crippen LogP contribution in [0.3, 0.4) is 0 Å². The zero-order valence-electron chi connectivity index (χ0n) is 8.25. The fourth-order valence-electron chi connectivity index (χ4n) is 1.35. The molecule has 1 aromatic carbocycles. The highest BCUT2D eigenvalue weighted by Gasteiger charge is 2.03. The second-order valence-corrected chi connectivity index (χ2v) is 3.39. The van der Waals surface area contributed by atoms with E-state index in [1.165, 1.54) is 5.56 Å². The quantitative estimate of drug-likeness (QED) is 0.742. The van der Waals surface area contributed by atoms with Gasteiger partial charge < -0.3 is 10.4 Å². The molecule has 2 heteroatoms. The van der Waals surface area contributed by atoms with E-state index in [0.717, 1.165) is 5.69 Å². The highest BCUT2D eigenvalue weighted by molar-refractivity contribution is 5.52. The summed E-state index contributed by atoms with van der Waals surface area (Å²) in [7, 11) is 0. The van der Waals surface area contributed by atoms with Crippen molar-refractivity contribution in [2.75, 3.05) is 18.5 Å². The fraction of sp³-hybridized carbons (Fsp3) is 0.455. The van der Waals surface area contributed by atoms with Crippen molar-refractivity contribution >= 4 is 5.69 Å². The largest absolute Gasteiger partial charge is 0.395 e. The first-order chi connectivity index (χ1) is 6.25. The van der Waals surface area contributed by atoms with E-state index >= 15 is 0 Å². The summed E-state index contributed by atoms with van der Waals surface area (Å²) in [6.07, 6.45) is 0. The Hall–Kier alpha value is -1.02. The maximum Gasteiger partial charge on any atom is 0.0604 e. The maximum absolute atomic E-state index is 8.69. The molecule has 0 saturated heterocycles. The Morgan fingerprint density at radius 1 is 1.31 bits per heavy atom. The van der Waals surface area contributed by atoms with E-state index in [2.05, 4.69) is 25.2 Å². The standard InChI is InChI=1S/C11H17NO/c1-9(2)10-5-3-4-6-11(10)12-7-8-13/h3-6,9,12-13H,7-8H2,1-2H3. The molecule has 0 saturated carbocycles. The minimum Gasteiger partial charge on any atom is -0.395 e. The van der Waals surface area contributed by atoms with Crippen molar-refractivity contribution in [2.45, 2.75) is 19.8 Å². The van der Waals surface area contributed by atoms with Crippen molar-refractivity contribution in [1.29, 1.82) is 0 Å².